The second-order valence-electron chi connectivity index (χ2n) is 8.94. The number of carbonyl (C=O) groups is 1. The molecule has 0 amide bonds. The monoisotopic (exact) mass is 480 g/mol. The van der Waals surface area contributed by atoms with Gasteiger partial charge < -0.3 is 19.6 Å². The lowest BCUT2D eigenvalue weighted by Crippen LogP contribution is -2.25. The van der Waals surface area contributed by atoms with Crippen molar-refractivity contribution in [3.63, 3.8) is 0 Å². The number of benzene rings is 2. The minimum absolute atomic E-state index is 0.0639. The molecule has 0 spiro atoms. The fourth-order valence-electron chi connectivity index (χ4n) is 5.20. The quantitative estimate of drug-likeness (QED) is 0.403. The SMILES string of the molecule is C=CCC1C=C(C=c2[nH]c3c(c2O)C(c2ccc(OC)cc2)C(C(=O)OC)=C(C)N=3)c2ccccc21. The number of aromatic hydroxyl groups is 1. The molecule has 2 unspecified atom stereocenters. The van der Waals surface area contributed by atoms with E-state index in [-0.39, 0.29) is 11.7 Å². The Hall–Kier alpha value is -4.32. The molecule has 36 heavy (non-hydrogen) atoms. The minimum Gasteiger partial charge on any atom is -0.505 e. The van der Waals surface area contributed by atoms with Crippen LogP contribution in [0.25, 0.3) is 11.6 Å². The maximum atomic E-state index is 12.8. The maximum Gasteiger partial charge on any atom is 0.336 e. The van der Waals surface area contributed by atoms with E-state index in [0.29, 0.717) is 33.4 Å². The van der Waals surface area contributed by atoms with Gasteiger partial charge in [0.25, 0.3) is 0 Å². The largest absolute Gasteiger partial charge is 0.505 e. The van der Waals surface area contributed by atoms with Crippen molar-refractivity contribution in [3.8, 4) is 11.5 Å². The average molecular weight is 481 g/mol. The van der Waals surface area contributed by atoms with Gasteiger partial charge in [0.05, 0.1) is 42.3 Å². The maximum absolute atomic E-state index is 12.8. The summed E-state index contributed by atoms with van der Waals surface area (Å²) in [5.74, 6) is -0.0218. The summed E-state index contributed by atoms with van der Waals surface area (Å²) in [4.78, 5) is 20.8. The fraction of sp³-hybridized carbons (Fsp3) is 0.200. The Labute approximate surface area is 209 Å². The molecule has 2 aliphatic rings. The van der Waals surface area contributed by atoms with Crippen molar-refractivity contribution in [3.05, 3.63) is 112 Å². The Balaban J connectivity index is 1.69. The van der Waals surface area contributed by atoms with Crippen molar-refractivity contribution in [2.45, 2.75) is 25.2 Å². The third-order valence-electron chi connectivity index (χ3n) is 6.89. The van der Waals surface area contributed by atoms with Crippen LogP contribution in [0.15, 0.2) is 83.5 Å². The molecule has 1 aliphatic carbocycles. The molecule has 6 nitrogen and oxygen atoms in total. The number of H-pyrrole nitrogens is 1. The van der Waals surface area contributed by atoms with Gasteiger partial charge in [-0.1, -0.05) is 48.6 Å². The predicted molar refractivity (Wildman–Crippen MR) is 139 cm³/mol. The van der Waals surface area contributed by atoms with Crippen molar-refractivity contribution in [1.82, 2.24) is 4.98 Å². The van der Waals surface area contributed by atoms with Gasteiger partial charge in [-0.2, -0.15) is 0 Å². The summed E-state index contributed by atoms with van der Waals surface area (Å²) in [7, 11) is 2.95. The summed E-state index contributed by atoms with van der Waals surface area (Å²) in [5, 5.41) is 12.0. The zero-order valence-electron chi connectivity index (χ0n) is 20.5. The third kappa shape index (κ3) is 3.85. The highest BCUT2D eigenvalue weighted by atomic mass is 16.5. The molecular weight excluding hydrogens is 452 g/mol. The van der Waals surface area contributed by atoms with E-state index in [0.717, 1.165) is 23.1 Å². The van der Waals surface area contributed by atoms with Crippen LogP contribution in [0.3, 0.4) is 0 Å². The van der Waals surface area contributed by atoms with Crippen molar-refractivity contribution >= 4 is 17.6 Å². The number of allylic oxidation sites excluding steroid dienone is 4. The van der Waals surface area contributed by atoms with Crippen LogP contribution in [-0.4, -0.2) is 30.3 Å². The number of methoxy groups -OCH3 is 2. The second-order valence-corrected chi connectivity index (χ2v) is 8.94. The molecule has 2 atom stereocenters. The van der Waals surface area contributed by atoms with Crippen LogP contribution in [0.5, 0.6) is 11.5 Å². The summed E-state index contributed by atoms with van der Waals surface area (Å²) in [5.41, 5.74) is 6.22. The van der Waals surface area contributed by atoms with E-state index in [1.54, 1.807) is 14.0 Å². The van der Waals surface area contributed by atoms with Crippen molar-refractivity contribution < 1.29 is 19.4 Å². The Bertz CT molecular complexity index is 1540. The van der Waals surface area contributed by atoms with Gasteiger partial charge in [0.15, 0.2) is 0 Å². The lowest BCUT2D eigenvalue weighted by atomic mass is 9.83. The Morgan fingerprint density at radius 1 is 1.17 bits per heavy atom. The number of carbonyl (C=O) groups excluding carboxylic acids is 1. The molecule has 0 saturated heterocycles. The summed E-state index contributed by atoms with van der Waals surface area (Å²) in [6, 6.07) is 15.7. The third-order valence-corrected chi connectivity index (χ3v) is 6.89. The molecule has 6 heteroatoms. The molecule has 5 rings (SSSR count). The van der Waals surface area contributed by atoms with Gasteiger partial charge in [-0.25, -0.2) is 9.79 Å². The highest BCUT2D eigenvalue weighted by Crippen LogP contribution is 2.40. The van der Waals surface area contributed by atoms with Crippen molar-refractivity contribution in [2.75, 3.05) is 14.2 Å². The van der Waals surface area contributed by atoms with Crippen molar-refractivity contribution in [2.24, 2.45) is 4.99 Å². The number of esters is 1. The van der Waals surface area contributed by atoms with Gasteiger partial charge in [0.1, 0.15) is 17.0 Å². The first kappa shape index (κ1) is 23.4. The molecule has 2 N–H and O–H groups in total. The molecule has 2 heterocycles. The molecule has 0 radical (unpaired) electrons. The zero-order valence-corrected chi connectivity index (χ0v) is 20.5. The van der Waals surface area contributed by atoms with Crippen LogP contribution in [0.1, 0.15) is 47.4 Å². The minimum atomic E-state index is -0.549. The number of hydrogen-bond donors (Lipinski definition) is 2. The van der Waals surface area contributed by atoms with E-state index < -0.39 is 11.9 Å². The van der Waals surface area contributed by atoms with Gasteiger partial charge in [0, 0.05) is 5.92 Å². The summed E-state index contributed by atoms with van der Waals surface area (Å²) in [6.07, 6.45) is 6.91. The molecule has 0 saturated carbocycles. The number of rotatable bonds is 6. The summed E-state index contributed by atoms with van der Waals surface area (Å²) >= 11 is 0. The van der Waals surface area contributed by atoms with Gasteiger partial charge in [0.2, 0.25) is 0 Å². The van der Waals surface area contributed by atoms with E-state index in [2.05, 4.69) is 34.8 Å². The molecule has 2 aromatic carbocycles. The molecule has 1 aromatic heterocycles. The Kier molecular flexibility index (Phi) is 6.10. The number of fused-ring (bicyclic) bond motifs is 2. The lowest BCUT2D eigenvalue weighted by molar-refractivity contribution is -0.136. The zero-order chi connectivity index (χ0) is 25.4. The van der Waals surface area contributed by atoms with Crippen LogP contribution in [0.4, 0.5) is 0 Å². The Morgan fingerprint density at radius 3 is 2.61 bits per heavy atom. The second kappa shape index (κ2) is 9.38. The van der Waals surface area contributed by atoms with Crippen molar-refractivity contribution in [1.29, 1.82) is 0 Å². The fourth-order valence-corrected chi connectivity index (χ4v) is 5.20. The molecule has 182 valence electrons. The van der Waals surface area contributed by atoms with E-state index in [9.17, 15) is 9.90 Å². The first-order chi connectivity index (χ1) is 17.5. The average Bonchev–Trinajstić information content (AvgIpc) is 3.40. The van der Waals surface area contributed by atoms with Crippen LogP contribution in [-0.2, 0) is 9.53 Å². The van der Waals surface area contributed by atoms with Crippen LogP contribution in [0, 0.1) is 0 Å². The van der Waals surface area contributed by atoms with Gasteiger partial charge >= 0.3 is 5.97 Å². The van der Waals surface area contributed by atoms with Crippen LogP contribution in [0.2, 0.25) is 0 Å². The number of nitrogens with zero attached hydrogens (tertiary/aromatic N) is 1. The van der Waals surface area contributed by atoms with Crippen LogP contribution >= 0.6 is 0 Å². The molecule has 0 bridgehead atoms. The highest BCUT2D eigenvalue weighted by Gasteiger charge is 2.35. The molecule has 0 fully saturated rings. The van der Waals surface area contributed by atoms with E-state index in [1.165, 1.54) is 12.7 Å². The van der Waals surface area contributed by atoms with Crippen LogP contribution < -0.4 is 15.6 Å². The van der Waals surface area contributed by atoms with Gasteiger partial charge in [-0.3, -0.25) is 0 Å². The number of nitrogens with one attached hydrogen (secondary N) is 1. The standard InChI is InChI=1S/C30H28N2O4/c1-5-8-19-15-20(23-10-7-6-9-22(19)23)16-24-28(33)27-26(18-11-13-21(35-3)14-12-18)25(30(34)36-4)17(2)31-29(27)32-24/h5-7,9-16,19,26,33H,1,8H2,2-4H3,(H,31,32). The first-order valence-corrected chi connectivity index (χ1v) is 11.8. The molecule has 1 aliphatic heterocycles. The molecular formula is C30H28N2O4. The predicted octanol–water partition coefficient (Wildman–Crippen LogP) is 4.48. The van der Waals surface area contributed by atoms with E-state index >= 15 is 0 Å². The number of aromatic nitrogens is 1. The summed E-state index contributed by atoms with van der Waals surface area (Å²) in [6.45, 7) is 5.68. The number of aromatic amines is 1. The molecule has 3 aromatic rings. The van der Waals surface area contributed by atoms with E-state index in [1.807, 2.05) is 48.6 Å². The number of hydrogen-bond acceptors (Lipinski definition) is 5. The van der Waals surface area contributed by atoms with E-state index in [4.69, 9.17) is 9.47 Å². The lowest BCUT2D eigenvalue weighted by Gasteiger charge is -2.23. The summed E-state index contributed by atoms with van der Waals surface area (Å²) < 4.78 is 10.4. The van der Waals surface area contributed by atoms with Gasteiger partial charge in [-0.15, -0.1) is 6.58 Å². The smallest absolute Gasteiger partial charge is 0.336 e. The topological polar surface area (TPSA) is 83.9 Å². The highest BCUT2D eigenvalue weighted by molar-refractivity contribution is 5.94. The Morgan fingerprint density at radius 2 is 1.92 bits per heavy atom. The number of ether oxygens (including phenoxy) is 2. The van der Waals surface area contributed by atoms with Gasteiger partial charge in [-0.05, 0) is 53.8 Å². The first-order valence-electron chi connectivity index (χ1n) is 11.8. The normalized spacial score (nSPS) is 18.8.